The maximum atomic E-state index is 13.7. The van der Waals surface area contributed by atoms with Gasteiger partial charge in [-0.2, -0.15) is 0 Å². The van der Waals surface area contributed by atoms with Crippen LogP contribution in [0.15, 0.2) is 22.7 Å². The molecule has 0 amide bonds. The van der Waals surface area contributed by atoms with E-state index < -0.39 is 0 Å². The third-order valence-corrected chi connectivity index (χ3v) is 3.01. The van der Waals surface area contributed by atoms with Gasteiger partial charge in [0.15, 0.2) is 0 Å². The zero-order chi connectivity index (χ0) is 11.6. The maximum Gasteiger partial charge on any atom is 0.129 e. The van der Waals surface area contributed by atoms with Crippen molar-refractivity contribution in [2.75, 3.05) is 0 Å². The monoisotopic (exact) mass is 274 g/mol. The highest BCUT2D eigenvalue weighted by molar-refractivity contribution is 9.10. The van der Waals surface area contributed by atoms with Crippen molar-refractivity contribution in [3.05, 3.63) is 34.1 Å². The summed E-state index contributed by atoms with van der Waals surface area (Å²) in [5.74, 6) is 5.24. The molecule has 2 nitrogen and oxygen atoms in total. The van der Waals surface area contributed by atoms with Gasteiger partial charge in [-0.05, 0) is 17.5 Å². The van der Waals surface area contributed by atoms with Gasteiger partial charge < -0.3 is 0 Å². The summed E-state index contributed by atoms with van der Waals surface area (Å²) in [7, 11) is 0. The van der Waals surface area contributed by atoms with E-state index in [1.807, 2.05) is 26.8 Å². The van der Waals surface area contributed by atoms with Crippen LogP contribution in [0.5, 0.6) is 0 Å². The van der Waals surface area contributed by atoms with E-state index in [1.54, 1.807) is 6.07 Å². The van der Waals surface area contributed by atoms with Gasteiger partial charge >= 0.3 is 0 Å². The molecule has 0 aliphatic heterocycles. The molecular formula is C11H16BrFN2. The van der Waals surface area contributed by atoms with Crippen molar-refractivity contribution in [2.45, 2.75) is 26.8 Å². The second kappa shape index (κ2) is 4.60. The number of halogens is 2. The third kappa shape index (κ3) is 2.77. The number of hydrazine groups is 1. The fourth-order valence-corrected chi connectivity index (χ4v) is 2.12. The molecule has 0 bridgehead atoms. The molecule has 0 aliphatic carbocycles. The standard InChI is InChI=1S/C11H16BrFN2/c1-11(2,3)10(15-14)9-7(12)5-4-6-8(9)13/h4-6,10,15H,14H2,1-3H3. The lowest BCUT2D eigenvalue weighted by atomic mass is 9.82. The SMILES string of the molecule is CC(C)(C)C(NN)c1c(F)cccc1Br. The number of rotatable bonds is 2. The normalized spacial score (nSPS) is 14.0. The Morgan fingerprint density at radius 2 is 2.00 bits per heavy atom. The Hall–Kier alpha value is -0.450. The highest BCUT2D eigenvalue weighted by Gasteiger charge is 2.29. The first kappa shape index (κ1) is 12.6. The molecule has 1 unspecified atom stereocenters. The lowest BCUT2D eigenvalue weighted by Gasteiger charge is -2.31. The van der Waals surface area contributed by atoms with Crippen LogP contribution in [0.3, 0.4) is 0 Å². The van der Waals surface area contributed by atoms with E-state index in [9.17, 15) is 4.39 Å². The van der Waals surface area contributed by atoms with Crippen LogP contribution in [0.2, 0.25) is 0 Å². The molecule has 1 atom stereocenters. The van der Waals surface area contributed by atoms with Gasteiger partial charge in [-0.1, -0.05) is 42.8 Å². The summed E-state index contributed by atoms with van der Waals surface area (Å²) < 4.78 is 14.4. The largest absolute Gasteiger partial charge is 0.271 e. The van der Waals surface area contributed by atoms with E-state index in [0.29, 0.717) is 5.56 Å². The Morgan fingerprint density at radius 1 is 1.40 bits per heavy atom. The van der Waals surface area contributed by atoms with Gasteiger partial charge in [0.1, 0.15) is 5.82 Å². The highest BCUT2D eigenvalue weighted by Crippen LogP contribution is 2.37. The van der Waals surface area contributed by atoms with Gasteiger partial charge in [0, 0.05) is 10.0 Å². The smallest absolute Gasteiger partial charge is 0.129 e. The quantitative estimate of drug-likeness (QED) is 0.642. The molecule has 15 heavy (non-hydrogen) atoms. The Balaban J connectivity index is 3.24. The number of benzene rings is 1. The minimum absolute atomic E-state index is 0.153. The van der Waals surface area contributed by atoms with Crippen molar-refractivity contribution in [1.29, 1.82) is 0 Å². The van der Waals surface area contributed by atoms with Crippen molar-refractivity contribution in [1.82, 2.24) is 5.43 Å². The summed E-state index contributed by atoms with van der Waals surface area (Å²) in [5.41, 5.74) is 3.09. The van der Waals surface area contributed by atoms with Crippen LogP contribution in [0.1, 0.15) is 32.4 Å². The maximum absolute atomic E-state index is 13.7. The molecule has 0 heterocycles. The molecule has 0 saturated heterocycles. The highest BCUT2D eigenvalue weighted by atomic mass is 79.9. The topological polar surface area (TPSA) is 38.0 Å². The van der Waals surface area contributed by atoms with Gasteiger partial charge in [-0.3, -0.25) is 11.3 Å². The van der Waals surface area contributed by atoms with Crippen LogP contribution in [0.4, 0.5) is 4.39 Å². The Morgan fingerprint density at radius 3 is 2.40 bits per heavy atom. The van der Waals surface area contributed by atoms with E-state index >= 15 is 0 Å². The van der Waals surface area contributed by atoms with E-state index in [4.69, 9.17) is 5.84 Å². The summed E-state index contributed by atoms with van der Waals surface area (Å²) in [5, 5.41) is 0. The molecule has 1 rings (SSSR count). The lowest BCUT2D eigenvalue weighted by Crippen LogP contribution is -2.37. The van der Waals surface area contributed by atoms with Crippen LogP contribution in [-0.2, 0) is 0 Å². The van der Waals surface area contributed by atoms with Crippen molar-refractivity contribution in [3.8, 4) is 0 Å². The van der Waals surface area contributed by atoms with Crippen LogP contribution < -0.4 is 11.3 Å². The van der Waals surface area contributed by atoms with Crippen LogP contribution in [0.25, 0.3) is 0 Å². The van der Waals surface area contributed by atoms with Gasteiger partial charge in [0.25, 0.3) is 0 Å². The molecule has 1 aromatic carbocycles. The van der Waals surface area contributed by atoms with Gasteiger partial charge in [-0.25, -0.2) is 4.39 Å². The molecule has 0 saturated carbocycles. The van der Waals surface area contributed by atoms with E-state index in [1.165, 1.54) is 6.07 Å². The van der Waals surface area contributed by atoms with Gasteiger partial charge in [0.05, 0.1) is 6.04 Å². The van der Waals surface area contributed by atoms with E-state index in [-0.39, 0.29) is 17.3 Å². The molecule has 4 heteroatoms. The minimum Gasteiger partial charge on any atom is -0.271 e. The molecule has 0 aliphatic rings. The number of hydrogen-bond donors (Lipinski definition) is 2. The van der Waals surface area contributed by atoms with Crippen LogP contribution >= 0.6 is 15.9 Å². The van der Waals surface area contributed by atoms with E-state index in [0.717, 1.165) is 4.47 Å². The first-order valence-electron chi connectivity index (χ1n) is 4.78. The van der Waals surface area contributed by atoms with Gasteiger partial charge in [0.2, 0.25) is 0 Å². The molecule has 0 fully saturated rings. The second-order valence-electron chi connectivity index (χ2n) is 4.60. The molecule has 0 aromatic heterocycles. The summed E-state index contributed by atoms with van der Waals surface area (Å²) in [4.78, 5) is 0. The predicted octanol–water partition coefficient (Wildman–Crippen LogP) is 3.14. The fraction of sp³-hybridized carbons (Fsp3) is 0.455. The predicted molar refractivity (Wildman–Crippen MR) is 63.6 cm³/mol. The zero-order valence-corrected chi connectivity index (χ0v) is 10.7. The third-order valence-electron chi connectivity index (χ3n) is 2.32. The van der Waals surface area contributed by atoms with Crippen LogP contribution in [0, 0.1) is 11.2 Å². The van der Waals surface area contributed by atoms with Crippen LogP contribution in [-0.4, -0.2) is 0 Å². The summed E-state index contributed by atoms with van der Waals surface area (Å²) in [6, 6.07) is 4.69. The summed E-state index contributed by atoms with van der Waals surface area (Å²) in [6.07, 6.45) is 0. The van der Waals surface area contributed by atoms with Crippen molar-refractivity contribution < 1.29 is 4.39 Å². The van der Waals surface area contributed by atoms with Gasteiger partial charge in [-0.15, -0.1) is 0 Å². The van der Waals surface area contributed by atoms with Crippen molar-refractivity contribution in [2.24, 2.45) is 11.3 Å². The number of nitrogens with one attached hydrogen (secondary N) is 1. The Bertz CT molecular complexity index is 327. The molecule has 84 valence electrons. The average molecular weight is 275 g/mol. The number of nitrogens with two attached hydrogens (primary N) is 1. The molecular weight excluding hydrogens is 259 g/mol. The summed E-state index contributed by atoms with van der Waals surface area (Å²) >= 11 is 3.35. The second-order valence-corrected chi connectivity index (χ2v) is 5.46. The Labute approximate surface area is 98.1 Å². The zero-order valence-electron chi connectivity index (χ0n) is 9.14. The molecule has 3 N–H and O–H groups in total. The Kier molecular flexibility index (Phi) is 3.87. The van der Waals surface area contributed by atoms with Crippen molar-refractivity contribution in [3.63, 3.8) is 0 Å². The summed E-state index contributed by atoms with van der Waals surface area (Å²) in [6.45, 7) is 6.03. The molecule has 0 spiro atoms. The molecule has 1 aromatic rings. The first-order valence-corrected chi connectivity index (χ1v) is 5.57. The average Bonchev–Trinajstić information content (AvgIpc) is 2.09. The van der Waals surface area contributed by atoms with Crippen molar-refractivity contribution >= 4 is 15.9 Å². The number of hydrogen-bond acceptors (Lipinski definition) is 2. The fourth-order valence-electron chi connectivity index (χ4n) is 1.55. The molecule has 0 radical (unpaired) electrons. The first-order chi connectivity index (χ1) is 6.88. The van der Waals surface area contributed by atoms with E-state index in [2.05, 4.69) is 21.4 Å². The minimum atomic E-state index is -0.248. The lowest BCUT2D eigenvalue weighted by molar-refractivity contribution is 0.268.